The Morgan fingerprint density at radius 1 is 1.88 bits per heavy atom. The van der Waals surface area contributed by atoms with Crippen molar-refractivity contribution in [1.82, 2.24) is 0 Å². The summed E-state index contributed by atoms with van der Waals surface area (Å²) in [7, 11) is 0. The van der Waals surface area contributed by atoms with E-state index in [9.17, 15) is 9.18 Å². The second-order valence-electron chi connectivity index (χ2n) is 1.55. The van der Waals surface area contributed by atoms with E-state index >= 15 is 0 Å². The Morgan fingerprint density at radius 3 is 2.62 bits per heavy atom. The van der Waals surface area contributed by atoms with Crippen molar-refractivity contribution < 1.29 is 9.18 Å². The summed E-state index contributed by atoms with van der Waals surface area (Å²) >= 11 is 2.93. The summed E-state index contributed by atoms with van der Waals surface area (Å²) in [4.78, 5) is 10.5. The molecular formula is C4H4FIOS. The molecule has 0 saturated carbocycles. The second kappa shape index (κ2) is 2.51. The van der Waals surface area contributed by atoms with Crippen molar-refractivity contribution in [2.75, 3.05) is 5.75 Å². The van der Waals surface area contributed by atoms with E-state index in [0.29, 0.717) is 5.75 Å². The summed E-state index contributed by atoms with van der Waals surface area (Å²) in [5.41, 5.74) is 0. The van der Waals surface area contributed by atoms with E-state index in [2.05, 4.69) is 0 Å². The van der Waals surface area contributed by atoms with Crippen LogP contribution in [0.1, 0.15) is 0 Å². The van der Waals surface area contributed by atoms with E-state index in [1.54, 1.807) is 0 Å². The lowest BCUT2D eigenvalue weighted by Gasteiger charge is -1.96. The van der Waals surface area contributed by atoms with Crippen molar-refractivity contribution >= 4 is 39.5 Å². The highest BCUT2D eigenvalue weighted by Gasteiger charge is 2.32. The molecule has 0 aliphatic carbocycles. The van der Waals surface area contributed by atoms with Gasteiger partial charge in [0, 0.05) is 5.75 Å². The number of carbonyl (C=O) groups is 1. The lowest BCUT2D eigenvalue weighted by Crippen LogP contribution is -2.14. The van der Waals surface area contributed by atoms with Gasteiger partial charge in [-0.15, -0.1) is 0 Å². The monoisotopic (exact) mass is 246 g/mol. The van der Waals surface area contributed by atoms with Crippen molar-refractivity contribution in [1.29, 1.82) is 0 Å². The molecule has 1 heterocycles. The van der Waals surface area contributed by atoms with Crippen molar-refractivity contribution in [3.63, 3.8) is 0 Å². The number of hydrogen-bond donors (Lipinski definition) is 0. The molecule has 0 aromatic carbocycles. The first-order valence-electron chi connectivity index (χ1n) is 2.16. The van der Waals surface area contributed by atoms with E-state index in [1.807, 2.05) is 22.6 Å². The van der Waals surface area contributed by atoms with Crippen LogP contribution in [-0.2, 0) is 4.79 Å². The lowest BCUT2D eigenvalue weighted by atomic mass is 10.3. The molecule has 1 saturated heterocycles. The predicted octanol–water partition coefficient (Wildman–Crippen LogP) is 1.40. The van der Waals surface area contributed by atoms with Gasteiger partial charge in [0.1, 0.15) is 10.1 Å². The molecule has 46 valence electrons. The molecular weight excluding hydrogens is 242 g/mol. The zero-order valence-corrected chi connectivity index (χ0v) is 6.91. The van der Waals surface area contributed by atoms with Gasteiger partial charge in [-0.25, -0.2) is 4.39 Å². The zero-order valence-electron chi connectivity index (χ0n) is 3.93. The number of thioether (sulfide) groups is 1. The maximum absolute atomic E-state index is 12.3. The maximum atomic E-state index is 12.3. The molecule has 8 heavy (non-hydrogen) atoms. The maximum Gasteiger partial charge on any atom is 0.204 e. The van der Waals surface area contributed by atoms with Crippen LogP contribution in [0, 0.1) is 0 Å². The molecule has 1 rings (SSSR count). The van der Waals surface area contributed by atoms with Crippen molar-refractivity contribution in [2.45, 2.75) is 10.1 Å². The van der Waals surface area contributed by atoms with Gasteiger partial charge in [0.25, 0.3) is 0 Å². The quantitative estimate of drug-likeness (QED) is 0.474. The van der Waals surface area contributed by atoms with Gasteiger partial charge in [-0.2, -0.15) is 0 Å². The van der Waals surface area contributed by atoms with Gasteiger partial charge in [-0.05, 0) is 0 Å². The lowest BCUT2D eigenvalue weighted by molar-refractivity contribution is -0.110. The molecule has 2 atom stereocenters. The first-order valence-corrected chi connectivity index (χ1v) is 4.39. The minimum absolute atomic E-state index is 0.0156. The average Bonchev–Trinajstić information content (AvgIpc) is 1.98. The number of hydrogen-bond acceptors (Lipinski definition) is 2. The third-order valence-corrected chi connectivity index (χ3v) is 3.72. The first kappa shape index (κ1) is 6.80. The predicted molar refractivity (Wildman–Crippen MR) is 40.2 cm³/mol. The Labute approximate surface area is 64.5 Å². The molecule has 1 aliphatic rings. The number of halogens is 2. The Kier molecular flexibility index (Phi) is 2.13. The molecule has 1 aliphatic heterocycles. The fourth-order valence-electron chi connectivity index (χ4n) is 0.473. The van der Waals surface area contributed by atoms with E-state index in [4.69, 9.17) is 0 Å². The standard InChI is InChI=1S/C4H4FIOS/c5-2-1-8-4(7)3(2)6/h2-3H,1H2. The minimum Gasteiger partial charge on any atom is -0.286 e. The molecule has 0 aromatic rings. The summed E-state index contributed by atoms with van der Waals surface area (Å²) in [5, 5.41) is -0.0156. The van der Waals surface area contributed by atoms with E-state index in [1.165, 1.54) is 0 Å². The summed E-state index contributed by atoms with van der Waals surface area (Å²) in [6.45, 7) is 0. The van der Waals surface area contributed by atoms with Crippen LogP contribution in [-0.4, -0.2) is 21.0 Å². The molecule has 1 fully saturated rings. The van der Waals surface area contributed by atoms with Gasteiger partial charge in [-0.3, -0.25) is 4.79 Å². The van der Waals surface area contributed by atoms with E-state index in [0.717, 1.165) is 11.8 Å². The Balaban J connectivity index is 2.56. The molecule has 2 unspecified atom stereocenters. The molecule has 0 amide bonds. The van der Waals surface area contributed by atoms with Gasteiger partial charge < -0.3 is 0 Å². The molecule has 0 bridgehead atoms. The van der Waals surface area contributed by atoms with E-state index < -0.39 is 10.1 Å². The molecule has 0 N–H and O–H groups in total. The Morgan fingerprint density at radius 2 is 2.50 bits per heavy atom. The first-order chi connectivity index (χ1) is 3.72. The summed E-state index contributed by atoms with van der Waals surface area (Å²) in [6.07, 6.45) is -0.909. The highest BCUT2D eigenvalue weighted by molar-refractivity contribution is 14.1. The number of rotatable bonds is 0. The van der Waals surface area contributed by atoms with Crippen LogP contribution in [0.25, 0.3) is 0 Å². The van der Waals surface area contributed by atoms with Crippen LogP contribution in [0.2, 0.25) is 0 Å². The van der Waals surface area contributed by atoms with Crippen LogP contribution in [0.3, 0.4) is 0 Å². The summed E-state index contributed by atoms with van der Waals surface area (Å²) in [6, 6.07) is 0. The third-order valence-electron chi connectivity index (χ3n) is 0.928. The molecule has 0 radical (unpaired) electrons. The third kappa shape index (κ3) is 1.15. The Hall–Kier alpha value is 0.680. The minimum atomic E-state index is -0.909. The topological polar surface area (TPSA) is 17.1 Å². The van der Waals surface area contributed by atoms with Crippen molar-refractivity contribution in [3.05, 3.63) is 0 Å². The normalized spacial score (nSPS) is 38.5. The SMILES string of the molecule is O=C1SCC(F)C1I. The smallest absolute Gasteiger partial charge is 0.204 e. The van der Waals surface area contributed by atoms with E-state index in [-0.39, 0.29) is 5.12 Å². The van der Waals surface area contributed by atoms with Gasteiger partial charge in [0.05, 0.1) is 0 Å². The van der Waals surface area contributed by atoms with Gasteiger partial charge in [0.15, 0.2) is 0 Å². The summed E-state index contributed by atoms with van der Waals surface area (Å²) < 4.78 is 11.9. The Bertz CT molecular complexity index is 119. The van der Waals surface area contributed by atoms with Crippen LogP contribution in [0.5, 0.6) is 0 Å². The van der Waals surface area contributed by atoms with Crippen LogP contribution in [0.4, 0.5) is 4.39 Å². The zero-order chi connectivity index (χ0) is 6.15. The molecule has 1 nitrogen and oxygen atoms in total. The number of alkyl halides is 2. The van der Waals surface area contributed by atoms with Crippen LogP contribution in [0.15, 0.2) is 0 Å². The van der Waals surface area contributed by atoms with Gasteiger partial charge >= 0.3 is 0 Å². The van der Waals surface area contributed by atoms with Gasteiger partial charge in [-0.1, -0.05) is 34.4 Å². The highest BCUT2D eigenvalue weighted by atomic mass is 127. The fraction of sp³-hybridized carbons (Fsp3) is 0.750. The second-order valence-corrected chi connectivity index (χ2v) is 3.91. The highest BCUT2D eigenvalue weighted by Crippen LogP contribution is 2.28. The largest absolute Gasteiger partial charge is 0.286 e. The van der Waals surface area contributed by atoms with Gasteiger partial charge in [0.2, 0.25) is 5.12 Å². The molecule has 0 spiro atoms. The fourth-order valence-corrected chi connectivity index (χ4v) is 2.44. The summed E-state index contributed by atoms with van der Waals surface area (Å²) in [5.74, 6) is 0.354. The van der Waals surface area contributed by atoms with Crippen LogP contribution >= 0.6 is 34.4 Å². The van der Waals surface area contributed by atoms with Crippen molar-refractivity contribution in [2.24, 2.45) is 0 Å². The van der Waals surface area contributed by atoms with Crippen LogP contribution < -0.4 is 0 Å². The average molecular weight is 246 g/mol. The number of carbonyl (C=O) groups excluding carboxylic acids is 1. The van der Waals surface area contributed by atoms with Crippen molar-refractivity contribution in [3.8, 4) is 0 Å². The molecule has 4 heteroatoms. The molecule has 0 aromatic heterocycles.